The number of hydrogen-bond acceptors (Lipinski definition) is 4. The second-order valence-corrected chi connectivity index (χ2v) is 8.97. The molecule has 1 heterocycles. The summed E-state index contributed by atoms with van der Waals surface area (Å²) >= 11 is 6.01. The van der Waals surface area contributed by atoms with E-state index in [-0.39, 0.29) is 16.6 Å². The van der Waals surface area contributed by atoms with Gasteiger partial charge in [-0.05, 0) is 50.6 Å². The molecule has 8 heteroatoms. The van der Waals surface area contributed by atoms with Gasteiger partial charge in [0.2, 0.25) is 10.0 Å². The van der Waals surface area contributed by atoms with Gasteiger partial charge in [0.1, 0.15) is 0 Å². The second kappa shape index (κ2) is 9.58. The van der Waals surface area contributed by atoms with Crippen LogP contribution in [0, 0.1) is 0 Å². The summed E-state index contributed by atoms with van der Waals surface area (Å²) in [4.78, 5) is 15.0. The molecule has 1 atom stereocenters. The molecule has 0 saturated carbocycles. The number of likely N-dealkylation sites (tertiary alicyclic amines) is 1. The van der Waals surface area contributed by atoms with Crippen molar-refractivity contribution in [3.8, 4) is 0 Å². The van der Waals surface area contributed by atoms with Crippen LogP contribution in [0.4, 0.5) is 5.69 Å². The number of amides is 1. The van der Waals surface area contributed by atoms with E-state index in [0.29, 0.717) is 18.2 Å². The maximum atomic E-state index is 12.5. The van der Waals surface area contributed by atoms with E-state index in [9.17, 15) is 13.2 Å². The zero-order valence-electron chi connectivity index (χ0n) is 15.4. The van der Waals surface area contributed by atoms with Crippen LogP contribution in [0.3, 0.4) is 0 Å². The molecule has 26 heavy (non-hydrogen) atoms. The lowest BCUT2D eigenvalue weighted by atomic mass is 10.0. The van der Waals surface area contributed by atoms with Gasteiger partial charge in [0, 0.05) is 18.2 Å². The van der Waals surface area contributed by atoms with E-state index in [2.05, 4.69) is 21.9 Å². The molecule has 0 spiro atoms. The van der Waals surface area contributed by atoms with E-state index >= 15 is 0 Å². The summed E-state index contributed by atoms with van der Waals surface area (Å²) < 4.78 is 25.2. The number of rotatable bonds is 8. The molecule has 0 bridgehead atoms. The minimum atomic E-state index is -3.46. The summed E-state index contributed by atoms with van der Waals surface area (Å²) in [6.45, 7) is 4.94. The molecule has 2 rings (SSSR count). The molecule has 1 amide bonds. The summed E-state index contributed by atoms with van der Waals surface area (Å²) in [6.07, 6.45) is 6.87. The van der Waals surface area contributed by atoms with E-state index < -0.39 is 10.0 Å². The molecule has 1 fully saturated rings. The van der Waals surface area contributed by atoms with Gasteiger partial charge in [0.15, 0.2) is 0 Å². The third kappa shape index (κ3) is 6.45. The van der Waals surface area contributed by atoms with E-state index in [1.807, 2.05) is 0 Å². The van der Waals surface area contributed by atoms with Crippen molar-refractivity contribution in [2.45, 2.75) is 45.1 Å². The normalized spacial score (nSPS) is 18.5. The predicted octanol–water partition coefficient (Wildman–Crippen LogP) is 3.10. The molecule has 1 aliphatic rings. The quantitative estimate of drug-likeness (QED) is 0.701. The fraction of sp³-hybridized carbons (Fsp3) is 0.611. The Labute approximate surface area is 161 Å². The van der Waals surface area contributed by atoms with Crippen LogP contribution in [-0.2, 0) is 10.0 Å². The van der Waals surface area contributed by atoms with E-state index in [4.69, 9.17) is 11.6 Å². The van der Waals surface area contributed by atoms with Crippen LogP contribution in [0.25, 0.3) is 0 Å². The molecule has 146 valence electrons. The molecule has 1 unspecified atom stereocenters. The molecular weight excluding hydrogens is 374 g/mol. The summed E-state index contributed by atoms with van der Waals surface area (Å²) in [5.74, 6) is -0.223. The molecule has 0 aromatic heterocycles. The number of piperidine rings is 1. The highest BCUT2D eigenvalue weighted by Gasteiger charge is 2.22. The largest absolute Gasteiger partial charge is 0.350 e. The van der Waals surface area contributed by atoms with Crippen LogP contribution in [0.1, 0.15) is 49.4 Å². The van der Waals surface area contributed by atoms with Crippen molar-refractivity contribution in [3.63, 3.8) is 0 Å². The average molecular weight is 402 g/mol. The summed E-state index contributed by atoms with van der Waals surface area (Å²) in [5.41, 5.74) is 0.598. The van der Waals surface area contributed by atoms with Gasteiger partial charge < -0.3 is 5.32 Å². The van der Waals surface area contributed by atoms with Crippen molar-refractivity contribution in [2.24, 2.45) is 0 Å². The average Bonchev–Trinajstić information content (AvgIpc) is 2.59. The Morgan fingerprint density at radius 1 is 1.35 bits per heavy atom. The third-order valence-corrected chi connectivity index (χ3v) is 5.49. The lowest BCUT2D eigenvalue weighted by Crippen LogP contribution is -2.47. The molecule has 0 radical (unpaired) electrons. The number of halogens is 1. The van der Waals surface area contributed by atoms with Crippen LogP contribution in [0.5, 0.6) is 0 Å². The Hall–Kier alpha value is -1.31. The molecule has 2 N–H and O–H groups in total. The zero-order chi connectivity index (χ0) is 19.2. The standard InChI is InChI=1S/C18H28ClN3O3S/c1-3-4-10-22-11-6-5-7-15(22)13-20-18(23)14-8-9-16(19)17(12-14)21-26(2,24)25/h8-9,12,15,21H,3-7,10-11,13H2,1-2H3,(H,20,23). The van der Waals surface area contributed by atoms with Gasteiger partial charge in [-0.15, -0.1) is 0 Å². The second-order valence-electron chi connectivity index (χ2n) is 6.82. The van der Waals surface area contributed by atoms with Crippen LogP contribution in [0.15, 0.2) is 18.2 Å². The van der Waals surface area contributed by atoms with Crippen molar-refractivity contribution in [1.82, 2.24) is 10.2 Å². The number of carbonyl (C=O) groups is 1. The fourth-order valence-electron chi connectivity index (χ4n) is 3.20. The van der Waals surface area contributed by atoms with E-state index in [0.717, 1.165) is 32.2 Å². The van der Waals surface area contributed by atoms with Crippen molar-refractivity contribution < 1.29 is 13.2 Å². The van der Waals surface area contributed by atoms with Gasteiger partial charge in [0.05, 0.1) is 17.0 Å². The van der Waals surface area contributed by atoms with Crippen LogP contribution in [-0.4, -0.2) is 51.2 Å². The van der Waals surface area contributed by atoms with Gasteiger partial charge in [-0.25, -0.2) is 8.42 Å². The molecular formula is C18H28ClN3O3S. The minimum absolute atomic E-state index is 0.212. The van der Waals surface area contributed by atoms with Crippen LogP contribution < -0.4 is 10.0 Å². The van der Waals surface area contributed by atoms with Gasteiger partial charge in [-0.3, -0.25) is 14.4 Å². The summed E-state index contributed by atoms with van der Waals surface area (Å²) in [5, 5.41) is 3.24. The lowest BCUT2D eigenvalue weighted by molar-refractivity contribution is 0.0912. The molecule has 6 nitrogen and oxygen atoms in total. The Kier molecular flexibility index (Phi) is 7.73. The van der Waals surface area contributed by atoms with E-state index in [1.165, 1.54) is 31.4 Å². The number of nitrogens with zero attached hydrogens (tertiary/aromatic N) is 1. The number of benzene rings is 1. The highest BCUT2D eigenvalue weighted by molar-refractivity contribution is 7.92. The molecule has 1 aromatic rings. The fourth-order valence-corrected chi connectivity index (χ4v) is 3.99. The van der Waals surface area contributed by atoms with Crippen molar-refractivity contribution >= 4 is 33.2 Å². The number of anilines is 1. The first-order chi connectivity index (χ1) is 12.3. The predicted molar refractivity (Wildman–Crippen MR) is 106 cm³/mol. The Morgan fingerprint density at radius 2 is 2.12 bits per heavy atom. The first-order valence-electron chi connectivity index (χ1n) is 9.09. The minimum Gasteiger partial charge on any atom is -0.350 e. The number of carbonyl (C=O) groups excluding carboxylic acids is 1. The maximum absolute atomic E-state index is 12.5. The van der Waals surface area contributed by atoms with Gasteiger partial charge in [-0.1, -0.05) is 31.4 Å². The van der Waals surface area contributed by atoms with Gasteiger partial charge in [0.25, 0.3) is 5.91 Å². The Balaban J connectivity index is 1.99. The monoisotopic (exact) mass is 401 g/mol. The number of nitrogens with one attached hydrogen (secondary N) is 2. The molecule has 1 saturated heterocycles. The van der Waals surface area contributed by atoms with Crippen molar-refractivity contribution in [2.75, 3.05) is 30.6 Å². The number of sulfonamides is 1. The third-order valence-electron chi connectivity index (χ3n) is 4.57. The van der Waals surface area contributed by atoms with Gasteiger partial charge in [-0.2, -0.15) is 0 Å². The highest BCUT2D eigenvalue weighted by atomic mass is 35.5. The van der Waals surface area contributed by atoms with Gasteiger partial charge >= 0.3 is 0 Å². The summed E-state index contributed by atoms with van der Waals surface area (Å²) in [6, 6.07) is 4.95. The molecule has 1 aromatic carbocycles. The van der Waals surface area contributed by atoms with Crippen LogP contribution in [0.2, 0.25) is 5.02 Å². The molecule has 0 aliphatic carbocycles. The topological polar surface area (TPSA) is 78.5 Å². The smallest absolute Gasteiger partial charge is 0.251 e. The van der Waals surface area contributed by atoms with Crippen molar-refractivity contribution in [1.29, 1.82) is 0 Å². The van der Waals surface area contributed by atoms with E-state index in [1.54, 1.807) is 6.07 Å². The molecule has 1 aliphatic heterocycles. The first-order valence-corrected chi connectivity index (χ1v) is 11.4. The van der Waals surface area contributed by atoms with Crippen LogP contribution >= 0.6 is 11.6 Å². The first kappa shape index (κ1) is 21.0. The Bertz CT molecular complexity index is 724. The zero-order valence-corrected chi connectivity index (χ0v) is 17.0. The lowest BCUT2D eigenvalue weighted by Gasteiger charge is -2.35. The maximum Gasteiger partial charge on any atom is 0.251 e. The highest BCUT2D eigenvalue weighted by Crippen LogP contribution is 2.24. The van der Waals surface area contributed by atoms with Crippen molar-refractivity contribution in [3.05, 3.63) is 28.8 Å². The summed E-state index contributed by atoms with van der Waals surface area (Å²) in [7, 11) is -3.46. The number of unbranched alkanes of at least 4 members (excludes halogenated alkanes) is 1. The Morgan fingerprint density at radius 3 is 2.81 bits per heavy atom. The number of hydrogen-bond donors (Lipinski definition) is 2. The SMILES string of the molecule is CCCCN1CCCCC1CNC(=O)c1ccc(Cl)c(NS(C)(=O)=O)c1.